The van der Waals surface area contributed by atoms with Crippen LogP contribution < -0.4 is 0 Å². The monoisotopic (exact) mass is 227 g/mol. The first kappa shape index (κ1) is 10.6. The predicted molar refractivity (Wildman–Crippen MR) is 59.0 cm³/mol. The summed E-state index contributed by atoms with van der Waals surface area (Å²) in [4.78, 5) is 13.5. The molecule has 1 amide bonds. The molecule has 1 fully saturated rings. The Hall–Kier alpha value is -0.900. The molecule has 0 saturated carbocycles. The zero-order valence-electron chi connectivity index (χ0n) is 8.70. The van der Waals surface area contributed by atoms with Crippen LogP contribution in [0.4, 0.5) is 4.39 Å². The van der Waals surface area contributed by atoms with Gasteiger partial charge in [0, 0.05) is 11.9 Å². The van der Waals surface area contributed by atoms with E-state index < -0.39 is 5.67 Å². The molecule has 2 heterocycles. The van der Waals surface area contributed by atoms with Gasteiger partial charge < -0.3 is 4.90 Å². The van der Waals surface area contributed by atoms with Crippen LogP contribution in [0, 0.1) is 0 Å². The standard InChI is InChI=1S/C11H14FNOS/c1-11(12)4-2-5-13(8-11)10(14)9-3-6-15-7-9/h3,6-7H,2,4-5,8H2,1H3. The van der Waals surface area contributed by atoms with E-state index in [0.29, 0.717) is 18.5 Å². The highest BCUT2D eigenvalue weighted by atomic mass is 32.1. The van der Waals surface area contributed by atoms with Crippen LogP contribution in [0.2, 0.25) is 0 Å². The van der Waals surface area contributed by atoms with Gasteiger partial charge in [0.05, 0.1) is 12.1 Å². The highest BCUT2D eigenvalue weighted by Gasteiger charge is 2.33. The zero-order valence-corrected chi connectivity index (χ0v) is 9.52. The quantitative estimate of drug-likeness (QED) is 0.722. The maximum Gasteiger partial charge on any atom is 0.254 e. The molecule has 82 valence electrons. The molecule has 4 heteroatoms. The predicted octanol–water partition coefficient (Wildman–Crippen LogP) is 2.71. The lowest BCUT2D eigenvalue weighted by atomic mass is 9.96. The third-order valence-corrected chi connectivity index (χ3v) is 3.39. The Bertz CT molecular complexity index is 347. The number of thiophene rings is 1. The van der Waals surface area contributed by atoms with Crippen molar-refractivity contribution >= 4 is 17.2 Å². The molecule has 0 spiro atoms. The molecule has 0 bridgehead atoms. The molecule has 1 saturated heterocycles. The molecule has 1 aromatic heterocycles. The van der Waals surface area contributed by atoms with Crippen molar-refractivity contribution in [3.8, 4) is 0 Å². The number of carbonyl (C=O) groups is 1. The first-order valence-electron chi connectivity index (χ1n) is 5.09. The third kappa shape index (κ3) is 2.37. The van der Waals surface area contributed by atoms with E-state index >= 15 is 0 Å². The molecule has 1 aliphatic heterocycles. The highest BCUT2D eigenvalue weighted by molar-refractivity contribution is 7.08. The van der Waals surface area contributed by atoms with Gasteiger partial charge in [-0.15, -0.1) is 0 Å². The van der Waals surface area contributed by atoms with Gasteiger partial charge in [0.25, 0.3) is 5.91 Å². The number of amides is 1. The molecule has 0 N–H and O–H groups in total. The van der Waals surface area contributed by atoms with Crippen molar-refractivity contribution in [3.63, 3.8) is 0 Å². The molecule has 0 radical (unpaired) electrons. The van der Waals surface area contributed by atoms with Gasteiger partial charge in [0.15, 0.2) is 0 Å². The number of likely N-dealkylation sites (tertiary alicyclic amines) is 1. The molecule has 0 aliphatic carbocycles. The van der Waals surface area contributed by atoms with Gasteiger partial charge in [-0.3, -0.25) is 4.79 Å². The van der Waals surface area contributed by atoms with Crippen LogP contribution in [-0.2, 0) is 0 Å². The molecular formula is C11H14FNOS. The van der Waals surface area contributed by atoms with E-state index in [9.17, 15) is 9.18 Å². The number of nitrogens with zero attached hydrogens (tertiary/aromatic N) is 1. The summed E-state index contributed by atoms with van der Waals surface area (Å²) in [7, 11) is 0. The second-order valence-corrected chi connectivity index (χ2v) is 5.04. The molecule has 15 heavy (non-hydrogen) atoms. The van der Waals surface area contributed by atoms with Crippen LogP contribution >= 0.6 is 11.3 Å². The number of hydrogen-bond acceptors (Lipinski definition) is 2. The Labute approximate surface area is 92.7 Å². The third-order valence-electron chi connectivity index (χ3n) is 2.70. The molecule has 0 aromatic carbocycles. The fourth-order valence-electron chi connectivity index (χ4n) is 1.94. The number of piperidine rings is 1. The molecule has 2 rings (SSSR count). The SMILES string of the molecule is CC1(F)CCCN(C(=O)c2ccsc2)C1. The van der Waals surface area contributed by atoms with Crippen LogP contribution in [-0.4, -0.2) is 29.6 Å². The van der Waals surface area contributed by atoms with Gasteiger partial charge in [-0.1, -0.05) is 0 Å². The first-order chi connectivity index (χ1) is 7.08. The van der Waals surface area contributed by atoms with Crippen molar-refractivity contribution in [2.24, 2.45) is 0 Å². The van der Waals surface area contributed by atoms with Crippen LogP contribution in [0.1, 0.15) is 30.1 Å². The Morgan fingerprint density at radius 3 is 3.07 bits per heavy atom. The molecule has 1 atom stereocenters. The van der Waals surface area contributed by atoms with Gasteiger partial charge >= 0.3 is 0 Å². The van der Waals surface area contributed by atoms with Gasteiger partial charge in [-0.25, -0.2) is 4.39 Å². The lowest BCUT2D eigenvalue weighted by Gasteiger charge is -2.34. The van der Waals surface area contributed by atoms with Gasteiger partial charge in [-0.2, -0.15) is 11.3 Å². The van der Waals surface area contributed by atoms with Crippen molar-refractivity contribution in [2.45, 2.75) is 25.4 Å². The lowest BCUT2D eigenvalue weighted by molar-refractivity contribution is 0.0418. The van der Waals surface area contributed by atoms with E-state index in [1.54, 1.807) is 17.9 Å². The fraction of sp³-hybridized carbons (Fsp3) is 0.545. The summed E-state index contributed by atoms with van der Waals surface area (Å²) >= 11 is 1.49. The minimum absolute atomic E-state index is 0.0418. The summed E-state index contributed by atoms with van der Waals surface area (Å²) in [6.07, 6.45) is 1.31. The summed E-state index contributed by atoms with van der Waals surface area (Å²) < 4.78 is 13.7. The molecule has 1 unspecified atom stereocenters. The Balaban J connectivity index is 2.08. The van der Waals surface area contributed by atoms with E-state index in [0.717, 1.165) is 6.42 Å². The number of hydrogen-bond donors (Lipinski definition) is 0. The van der Waals surface area contributed by atoms with Gasteiger partial charge in [0.1, 0.15) is 5.67 Å². The van der Waals surface area contributed by atoms with E-state index in [-0.39, 0.29) is 12.5 Å². The lowest BCUT2D eigenvalue weighted by Crippen LogP contribution is -2.46. The van der Waals surface area contributed by atoms with Crippen LogP contribution in [0.15, 0.2) is 16.8 Å². The molecule has 1 aromatic rings. The van der Waals surface area contributed by atoms with Crippen molar-refractivity contribution in [2.75, 3.05) is 13.1 Å². The maximum absolute atomic E-state index is 13.7. The van der Waals surface area contributed by atoms with Gasteiger partial charge in [-0.05, 0) is 31.2 Å². The number of halogens is 1. The minimum Gasteiger partial charge on any atom is -0.335 e. The van der Waals surface area contributed by atoms with E-state index in [2.05, 4.69) is 0 Å². The normalized spacial score (nSPS) is 26.7. The van der Waals surface area contributed by atoms with Gasteiger partial charge in [0.2, 0.25) is 0 Å². The zero-order chi connectivity index (χ0) is 10.9. The molecule has 2 nitrogen and oxygen atoms in total. The van der Waals surface area contributed by atoms with E-state index in [4.69, 9.17) is 0 Å². The summed E-state index contributed by atoms with van der Waals surface area (Å²) in [5.74, 6) is -0.0418. The van der Waals surface area contributed by atoms with E-state index in [1.807, 2.05) is 10.8 Å². The second kappa shape index (κ2) is 3.93. The number of alkyl halides is 1. The maximum atomic E-state index is 13.7. The smallest absolute Gasteiger partial charge is 0.254 e. The van der Waals surface area contributed by atoms with E-state index in [1.165, 1.54) is 11.3 Å². The van der Waals surface area contributed by atoms with Crippen LogP contribution in [0.5, 0.6) is 0 Å². The summed E-state index contributed by atoms with van der Waals surface area (Å²) in [5.41, 5.74) is -0.540. The fourth-order valence-corrected chi connectivity index (χ4v) is 2.57. The Kier molecular flexibility index (Phi) is 2.78. The van der Waals surface area contributed by atoms with Crippen molar-refractivity contribution in [3.05, 3.63) is 22.4 Å². The summed E-state index contributed by atoms with van der Waals surface area (Å²) in [6, 6.07) is 1.79. The average Bonchev–Trinajstić information content (AvgIpc) is 2.67. The Morgan fingerprint density at radius 1 is 1.67 bits per heavy atom. The minimum atomic E-state index is -1.22. The molecular weight excluding hydrogens is 213 g/mol. The highest BCUT2D eigenvalue weighted by Crippen LogP contribution is 2.25. The Morgan fingerprint density at radius 2 is 2.47 bits per heavy atom. The molecule has 1 aliphatic rings. The van der Waals surface area contributed by atoms with Crippen molar-refractivity contribution in [1.82, 2.24) is 4.90 Å². The summed E-state index contributed by atoms with van der Waals surface area (Å²) in [6.45, 7) is 2.47. The van der Waals surface area contributed by atoms with Crippen LogP contribution in [0.25, 0.3) is 0 Å². The number of rotatable bonds is 1. The largest absolute Gasteiger partial charge is 0.335 e. The summed E-state index contributed by atoms with van der Waals surface area (Å²) in [5, 5.41) is 3.68. The number of carbonyl (C=O) groups excluding carboxylic acids is 1. The topological polar surface area (TPSA) is 20.3 Å². The second-order valence-electron chi connectivity index (χ2n) is 4.26. The van der Waals surface area contributed by atoms with Crippen LogP contribution in [0.3, 0.4) is 0 Å². The average molecular weight is 227 g/mol. The first-order valence-corrected chi connectivity index (χ1v) is 6.03. The van der Waals surface area contributed by atoms with Crippen molar-refractivity contribution in [1.29, 1.82) is 0 Å². The van der Waals surface area contributed by atoms with Crippen molar-refractivity contribution < 1.29 is 9.18 Å².